The topological polar surface area (TPSA) is 109 Å². The van der Waals surface area contributed by atoms with E-state index >= 15 is 0 Å². The molecule has 7 nitrogen and oxygen atoms in total. The Kier molecular flexibility index (Phi) is 7.93. The lowest BCUT2D eigenvalue weighted by atomic mass is 9.96. The molecule has 0 aliphatic heterocycles. The minimum Gasteiger partial charge on any atom is -0.330 e. The fourth-order valence-electron chi connectivity index (χ4n) is 4.56. The SMILES string of the molecule is N#Cc1ccc(C(NCC2CC2)C2=C=C=C(F)C(NC(=O)c3cc(C(F)(F)F)nn3C3=CC(CN)CC=C3)=C2)cc1. The standard InChI is InChI=1S/C30H26F4N6O/c31-24-11-10-22(28(37-17-19-4-5-19)21-8-6-18(15-35)7-9-21)13-25(24)38-29(41)26-14-27(30(32,33)34)39-40(26)23-3-1-2-20(12-23)16-36/h1,3,6-9,12-14,19-20,28,37H,2,4-5,16-17,36H2,(H,38,41). The molecule has 4 N–H and O–H groups in total. The van der Waals surface area contributed by atoms with E-state index in [0.717, 1.165) is 23.1 Å². The van der Waals surface area contributed by atoms with Crippen LogP contribution in [0.4, 0.5) is 17.6 Å². The summed E-state index contributed by atoms with van der Waals surface area (Å²) in [6.07, 6.45) is 4.33. The number of benzene rings is 1. The Balaban J connectivity index is 1.45. The molecule has 11 heteroatoms. The fraction of sp³-hybridized carbons (Fsp3) is 0.300. The van der Waals surface area contributed by atoms with E-state index in [9.17, 15) is 22.4 Å². The van der Waals surface area contributed by atoms with E-state index in [1.165, 1.54) is 6.08 Å². The van der Waals surface area contributed by atoms with Gasteiger partial charge in [0.25, 0.3) is 5.91 Å². The molecule has 0 spiro atoms. The van der Waals surface area contributed by atoms with Gasteiger partial charge in [-0.3, -0.25) is 4.79 Å². The fourth-order valence-corrected chi connectivity index (χ4v) is 4.56. The maximum absolute atomic E-state index is 14.9. The van der Waals surface area contributed by atoms with Gasteiger partial charge in [-0.2, -0.15) is 27.9 Å². The molecule has 0 saturated heterocycles. The number of rotatable bonds is 9. The zero-order valence-corrected chi connectivity index (χ0v) is 21.8. The van der Waals surface area contributed by atoms with Crippen LogP contribution in [0.15, 0.2) is 83.2 Å². The highest BCUT2D eigenvalue weighted by Gasteiger charge is 2.37. The van der Waals surface area contributed by atoms with E-state index in [-0.39, 0.29) is 23.9 Å². The van der Waals surface area contributed by atoms with Gasteiger partial charge < -0.3 is 16.4 Å². The summed E-state index contributed by atoms with van der Waals surface area (Å²) in [5, 5.41) is 18.6. The molecule has 1 aromatic heterocycles. The molecule has 5 rings (SSSR count). The first-order valence-electron chi connectivity index (χ1n) is 13.1. The summed E-state index contributed by atoms with van der Waals surface area (Å²) in [6.45, 7) is 0.964. The molecule has 2 aromatic rings. The van der Waals surface area contributed by atoms with Crippen LogP contribution in [0.3, 0.4) is 0 Å². The minimum atomic E-state index is -4.80. The number of hydrogen-bond acceptors (Lipinski definition) is 5. The van der Waals surface area contributed by atoms with Crippen molar-refractivity contribution >= 4 is 11.6 Å². The molecule has 1 heterocycles. The van der Waals surface area contributed by atoms with Crippen LogP contribution in [0.25, 0.3) is 5.70 Å². The molecule has 210 valence electrons. The molecule has 1 saturated carbocycles. The first-order valence-corrected chi connectivity index (χ1v) is 13.1. The van der Waals surface area contributed by atoms with Gasteiger partial charge in [-0.25, -0.2) is 4.68 Å². The average Bonchev–Trinajstić information content (AvgIpc) is 3.68. The number of allylic oxidation sites excluding steroid dienone is 4. The van der Waals surface area contributed by atoms with Crippen LogP contribution in [0.5, 0.6) is 0 Å². The summed E-state index contributed by atoms with van der Waals surface area (Å²) in [5.41, 5.74) is 10.9. The number of nitrogens with two attached hydrogens (primary N) is 1. The van der Waals surface area contributed by atoms with Crippen molar-refractivity contribution in [3.63, 3.8) is 0 Å². The second-order valence-corrected chi connectivity index (χ2v) is 10.1. The predicted molar refractivity (Wildman–Crippen MR) is 143 cm³/mol. The Morgan fingerprint density at radius 3 is 2.66 bits per heavy atom. The van der Waals surface area contributed by atoms with Crippen molar-refractivity contribution in [2.75, 3.05) is 13.1 Å². The van der Waals surface area contributed by atoms with Crippen LogP contribution in [0, 0.1) is 23.2 Å². The van der Waals surface area contributed by atoms with E-state index < -0.39 is 35.3 Å². The number of nitriles is 1. The largest absolute Gasteiger partial charge is 0.435 e. The maximum atomic E-state index is 14.9. The van der Waals surface area contributed by atoms with Gasteiger partial charge >= 0.3 is 6.18 Å². The Hall–Kier alpha value is -4.45. The van der Waals surface area contributed by atoms with E-state index in [4.69, 9.17) is 11.0 Å². The number of carbonyl (C=O) groups is 1. The zero-order valence-electron chi connectivity index (χ0n) is 21.8. The number of hydrogen-bond donors (Lipinski definition) is 3. The number of nitrogens with one attached hydrogen (secondary N) is 2. The summed E-state index contributed by atoms with van der Waals surface area (Å²) < 4.78 is 56.5. The van der Waals surface area contributed by atoms with Gasteiger partial charge in [0, 0.05) is 11.6 Å². The van der Waals surface area contributed by atoms with Crippen LogP contribution in [0.1, 0.15) is 52.6 Å². The third-order valence-electron chi connectivity index (χ3n) is 7.01. The number of alkyl halides is 3. The molecule has 2 atom stereocenters. The third-order valence-corrected chi connectivity index (χ3v) is 7.01. The van der Waals surface area contributed by atoms with E-state index in [0.29, 0.717) is 36.1 Å². The van der Waals surface area contributed by atoms with Gasteiger partial charge in [0.15, 0.2) is 11.5 Å². The number of aromatic nitrogens is 2. The first kappa shape index (κ1) is 28.1. The van der Waals surface area contributed by atoms with Gasteiger partial charge in [0.1, 0.15) is 5.69 Å². The Morgan fingerprint density at radius 1 is 1.24 bits per heavy atom. The molecule has 1 amide bonds. The molecule has 1 fully saturated rings. The molecule has 41 heavy (non-hydrogen) atoms. The van der Waals surface area contributed by atoms with Crippen molar-refractivity contribution in [1.29, 1.82) is 5.26 Å². The Morgan fingerprint density at radius 2 is 2.00 bits per heavy atom. The number of amides is 1. The number of halogens is 4. The van der Waals surface area contributed by atoms with Gasteiger partial charge in [0.05, 0.1) is 29.1 Å². The molecule has 2 unspecified atom stereocenters. The third kappa shape index (κ3) is 6.49. The molecule has 1 aromatic carbocycles. The van der Waals surface area contributed by atoms with Crippen LogP contribution < -0.4 is 16.4 Å². The maximum Gasteiger partial charge on any atom is 0.435 e. The first-order chi connectivity index (χ1) is 19.7. The van der Waals surface area contributed by atoms with Crippen LogP contribution in [-0.4, -0.2) is 28.8 Å². The van der Waals surface area contributed by atoms with Gasteiger partial charge in [-0.05, 0) is 79.8 Å². The molecule has 0 bridgehead atoms. The highest BCUT2D eigenvalue weighted by Crippen LogP contribution is 2.33. The lowest BCUT2D eigenvalue weighted by Gasteiger charge is -2.21. The van der Waals surface area contributed by atoms with Crippen LogP contribution >= 0.6 is 0 Å². The summed E-state index contributed by atoms with van der Waals surface area (Å²) in [5.74, 6) is -1.52. The van der Waals surface area contributed by atoms with Crippen molar-refractivity contribution in [1.82, 2.24) is 20.4 Å². The van der Waals surface area contributed by atoms with Gasteiger partial charge in [-0.1, -0.05) is 30.0 Å². The van der Waals surface area contributed by atoms with Crippen molar-refractivity contribution < 1.29 is 22.4 Å². The van der Waals surface area contributed by atoms with E-state index in [1.807, 2.05) is 0 Å². The quantitative estimate of drug-likeness (QED) is 0.293. The van der Waals surface area contributed by atoms with Crippen LogP contribution in [-0.2, 0) is 6.18 Å². The molecular formula is C30H26F4N6O. The normalized spacial score (nSPS) is 19.1. The summed E-state index contributed by atoms with van der Waals surface area (Å²) in [7, 11) is 0. The Bertz CT molecular complexity index is 1590. The molecular weight excluding hydrogens is 536 g/mol. The van der Waals surface area contributed by atoms with E-state index in [1.54, 1.807) is 42.5 Å². The Labute approximate surface area is 233 Å². The summed E-state index contributed by atoms with van der Waals surface area (Å²) >= 11 is 0. The second-order valence-electron chi connectivity index (χ2n) is 10.1. The second kappa shape index (κ2) is 11.6. The molecule has 3 aliphatic carbocycles. The number of nitrogens with zero attached hydrogens (tertiary/aromatic N) is 3. The lowest BCUT2D eigenvalue weighted by molar-refractivity contribution is -0.141. The highest BCUT2D eigenvalue weighted by molar-refractivity contribution is 5.95. The van der Waals surface area contributed by atoms with E-state index in [2.05, 4.69) is 33.3 Å². The molecule has 0 radical (unpaired) electrons. The summed E-state index contributed by atoms with van der Waals surface area (Å²) in [4.78, 5) is 13.3. The highest BCUT2D eigenvalue weighted by atomic mass is 19.4. The lowest BCUT2D eigenvalue weighted by Crippen LogP contribution is -2.28. The average molecular weight is 563 g/mol. The monoisotopic (exact) mass is 562 g/mol. The van der Waals surface area contributed by atoms with Crippen molar-refractivity contribution in [3.8, 4) is 6.07 Å². The summed E-state index contributed by atoms with van der Waals surface area (Å²) in [6, 6.07) is 9.12. The van der Waals surface area contributed by atoms with Crippen LogP contribution in [0.2, 0.25) is 0 Å². The van der Waals surface area contributed by atoms with Crippen molar-refractivity contribution in [2.45, 2.75) is 31.5 Å². The zero-order chi connectivity index (χ0) is 29.1. The van der Waals surface area contributed by atoms with Crippen molar-refractivity contribution in [3.05, 3.63) is 106 Å². The van der Waals surface area contributed by atoms with Gasteiger partial charge in [0.2, 0.25) is 0 Å². The molecule has 3 aliphatic rings. The minimum absolute atomic E-state index is 0.133. The number of carbonyl (C=O) groups excluding carboxylic acids is 1. The smallest absolute Gasteiger partial charge is 0.330 e. The van der Waals surface area contributed by atoms with Gasteiger partial charge in [-0.15, -0.1) is 0 Å². The predicted octanol–water partition coefficient (Wildman–Crippen LogP) is 5.05. The van der Waals surface area contributed by atoms with Crippen molar-refractivity contribution in [2.24, 2.45) is 17.6 Å².